The monoisotopic (exact) mass is 381 g/mol. The van der Waals surface area contributed by atoms with Crippen LogP contribution in [0.4, 0.5) is 4.79 Å². The van der Waals surface area contributed by atoms with Crippen molar-refractivity contribution in [1.29, 1.82) is 0 Å². The molecule has 0 saturated carbocycles. The van der Waals surface area contributed by atoms with E-state index in [1.165, 1.54) is 13.0 Å². The Kier molecular flexibility index (Phi) is 6.99. The molecule has 2 rings (SSSR count). The second kappa shape index (κ2) is 9.22. The molecule has 2 aromatic rings. The summed E-state index contributed by atoms with van der Waals surface area (Å²) in [6.07, 6.45) is 1.42. The average Bonchev–Trinajstić information content (AvgIpc) is 2.61. The largest absolute Gasteiger partial charge is 0.478 e. The van der Waals surface area contributed by atoms with Gasteiger partial charge in [-0.3, -0.25) is 0 Å². The van der Waals surface area contributed by atoms with Gasteiger partial charge in [-0.05, 0) is 50.8 Å². The highest BCUT2D eigenvalue weighted by molar-refractivity contribution is 5.86. The standard InChI is InChI=1S/C23H27NO4/c1-16(21(25)26)14-20(24-22(27)28-23(2,3)4)15-17-10-12-19(13-11-17)18-8-6-5-7-9-18/h5-14,20H,15H2,1-4H3,(H,24,27)(H,25,26)/b16-14+/t20-/m1/s1. The molecule has 28 heavy (non-hydrogen) atoms. The number of ether oxygens (including phenoxy) is 1. The number of hydrogen-bond acceptors (Lipinski definition) is 3. The lowest BCUT2D eigenvalue weighted by atomic mass is 10.00. The number of carboxylic acids is 1. The van der Waals surface area contributed by atoms with Crippen LogP contribution < -0.4 is 5.32 Å². The summed E-state index contributed by atoms with van der Waals surface area (Å²) in [5, 5.41) is 11.9. The zero-order chi connectivity index (χ0) is 20.7. The third-order valence-electron chi connectivity index (χ3n) is 4.01. The van der Waals surface area contributed by atoms with E-state index in [2.05, 4.69) is 5.32 Å². The van der Waals surface area contributed by atoms with E-state index in [1.54, 1.807) is 20.8 Å². The minimum atomic E-state index is -1.02. The van der Waals surface area contributed by atoms with Gasteiger partial charge < -0.3 is 15.2 Å². The van der Waals surface area contributed by atoms with Crippen LogP contribution in [-0.4, -0.2) is 28.8 Å². The van der Waals surface area contributed by atoms with Crippen LogP contribution in [0.1, 0.15) is 33.3 Å². The van der Waals surface area contributed by atoms with Crippen molar-refractivity contribution in [3.63, 3.8) is 0 Å². The van der Waals surface area contributed by atoms with E-state index in [1.807, 2.05) is 54.6 Å². The highest BCUT2D eigenvalue weighted by atomic mass is 16.6. The Hall–Kier alpha value is -3.08. The molecule has 0 aliphatic carbocycles. The fraction of sp³-hybridized carbons (Fsp3) is 0.304. The van der Waals surface area contributed by atoms with Gasteiger partial charge in [-0.25, -0.2) is 9.59 Å². The summed E-state index contributed by atoms with van der Waals surface area (Å²) >= 11 is 0. The first-order chi connectivity index (χ1) is 13.1. The number of nitrogens with one attached hydrogen (secondary N) is 1. The number of hydrogen-bond donors (Lipinski definition) is 2. The third-order valence-corrected chi connectivity index (χ3v) is 4.01. The van der Waals surface area contributed by atoms with Gasteiger partial charge in [-0.1, -0.05) is 60.7 Å². The number of carboxylic acid groups (broad SMARTS) is 1. The summed E-state index contributed by atoms with van der Waals surface area (Å²) in [6.45, 7) is 6.84. The smallest absolute Gasteiger partial charge is 0.408 e. The Morgan fingerprint density at radius 1 is 1.04 bits per heavy atom. The van der Waals surface area contributed by atoms with E-state index in [-0.39, 0.29) is 5.57 Å². The zero-order valence-electron chi connectivity index (χ0n) is 16.7. The molecule has 0 aromatic heterocycles. The number of alkyl carbamates (subject to hydrolysis) is 1. The number of carbonyl (C=O) groups is 2. The second-order valence-electron chi connectivity index (χ2n) is 7.67. The maximum absolute atomic E-state index is 12.1. The predicted octanol–water partition coefficient (Wildman–Crippen LogP) is 4.82. The van der Waals surface area contributed by atoms with Gasteiger partial charge in [-0.15, -0.1) is 0 Å². The van der Waals surface area contributed by atoms with E-state index < -0.39 is 23.7 Å². The van der Waals surface area contributed by atoms with Crippen molar-refractivity contribution >= 4 is 12.1 Å². The van der Waals surface area contributed by atoms with Gasteiger partial charge in [0.05, 0.1) is 6.04 Å². The molecular formula is C23H27NO4. The van der Waals surface area contributed by atoms with Crippen LogP contribution in [0.25, 0.3) is 11.1 Å². The van der Waals surface area contributed by atoms with Crippen LogP contribution in [0.3, 0.4) is 0 Å². The Bertz CT molecular complexity index is 833. The first-order valence-electron chi connectivity index (χ1n) is 9.19. The molecule has 0 heterocycles. The molecule has 0 spiro atoms. The molecule has 148 valence electrons. The van der Waals surface area contributed by atoms with E-state index >= 15 is 0 Å². The minimum absolute atomic E-state index is 0.168. The van der Waals surface area contributed by atoms with E-state index in [9.17, 15) is 9.59 Å². The SMILES string of the molecule is C/C(=C\[C@H](Cc1ccc(-c2ccccc2)cc1)NC(=O)OC(C)(C)C)C(=O)O. The molecule has 0 radical (unpaired) electrons. The van der Waals surface area contributed by atoms with Gasteiger partial charge >= 0.3 is 12.1 Å². The molecule has 1 amide bonds. The number of rotatable bonds is 6. The number of carbonyl (C=O) groups excluding carboxylic acids is 1. The molecule has 1 atom stereocenters. The van der Waals surface area contributed by atoms with Crippen molar-refractivity contribution < 1.29 is 19.4 Å². The van der Waals surface area contributed by atoms with Gasteiger partial charge in [0.15, 0.2) is 0 Å². The highest BCUT2D eigenvalue weighted by Crippen LogP contribution is 2.20. The molecule has 0 fully saturated rings. The Morgan fingerprint density at radius 3 is 2.14 bits per heavy atom. The lowest BCUT2D eigenvalue weighted by molar-refractivity contribution is -0.132. The Morgan fingerprint density at radius 2 is 1.61 bits per heavy atom. The Balaban J connectivity index is 2.16. The molecule has 2 aromatic carbocycles. The zero-order valence-corrected chi connectivity index (χ0v) is 16.7. The fourth-order valence-electron chi connectivity index (χ4n) is 2.70. The lowest BCUT2D eigenvalue weighted by Crippen LogP contribution is -2.39. The van der Waals surface area contributed by atoms with Crippen LogP contribution in [-0.2, 0) is 16.0 Å². The van der Waals surface area contributed by atoms with Crippen molar-refractivity contribution in [3.05, 3.63) is 71.8 Å². The molecule has 0 aliphatic rings. The molecule has 5 nitrogen and oxygen atoms in total. The first-order valence-corrected chi connectivity index (χ1v) is 9.19. The minimum Gasteiger partial charge on any atom is -0.478 e. The van der Waals surface area contributed by atoms with Crippen LogP contribution in [0.2, 0.25) is 0 Å². The van der Waals surface area contributed by atoms with Crippen LogP contribution in [0.5, 0.6) is 0 Å². The van der Waals surface area contributed by atoms with Gasteiger partial charge in [0.2, 0.25) is 0 Å². The fourth-order valence-corrected chi connectivity index (χ4v) is 2.70. The number of benzene rings is 2. The lowest BCUT2D eigenvalue weighted by Gasteiger charge is -2.22. The summed E-state index contributed by atoms with van der Waals surface area (Å²) in [5.74, 6) is -1.02. The molecule has 2 N–H and O–H groups in total. The first kappa shape index (κ1) is 21.2. The quantitative estimate of drug-likeness (QED) is 0.704. The summed E-state index contributed by atoms with van der Waals surface area (Å²) in [5.41, 5.74) is 2.74. The molecule has 5 heteroatoms. The molecule has 0 unspecified atom stereocenters. The molecule has 0 aliphatic heterocycles. The van der Waals surface area contributed by atoms with E-state index in [0.29, 0.717) is 6.42 Å². The van der Waals surface area contributed by atoms with Gasteiger partial charge in [0.25, 0.3) is 0 Å². The highest BCUT2D eigenvalue weighted by Gasteiger charge is 2.19. The molecule has 0 saturated heterocycles. The number of amides is 1. The summed E-state index contributed by atoms with van der Waals surface area (Å²) in [4.78, 5) is 23.3. The van der Waals surface area contributed by atoms with E-state index in [0.717, 1.165) is 16.7 Å². The van der Waals surface area contributed by atoms with Crippen LogP contribution in [0.15, 0.2) is 66.2 Å². The van der Waals surface area contributed by atoms with Crippen LogP contribution in [0, 0.1) is 0 Å². The summed E-state index contributed by atoms with van der Waals surface area (Å²) in [6, 6.07) is 17.5. The predicted molar refractivity (Wildman–Crippen MR) is 110 cm³/mol. The van der Waals surface area contributed by atoms with Gasteiger partial charge in [0.1, 0.15) is 5.60 Å². The normalized spacial score (nSPS) is 12.9. The second-order valence-corrected chi connectivity index (χ2v) is 7.67. The topological polar surface area (TPSA) is 75.6 Å². The van der Waals surface area contributed by atoms with Crippen molar-refractivity contribution in [3.8, 4) is 11.1 Å². The van der Waals surface area contributed by atoms with E-state index in [4.69, 9.17) is 9.84 Å². The number of aliphatic carboxylic acids is 1. The summed E-state index contributed by atoms with van der Waals surface area (Å²) in [7, 11) is 0. The van der Waals surface area contributed by atoms with Crippen molar-refractivity contribution in [2.45, 2.75) is 45.8 Å². The third kappa shape index (κ3) is 6.91. The Labute approximate surface area is 166 Å². The molecule has 0 bridgehead atoms. The summed E-state index contributed by atoms with van der Waals surface area (Å²) < 4.78 is 5.30. The van der Waals surface area contributed by atoms with Gasteiger partial charge in [0, 0.05) is 5.57 Å². The average molecular weight is 381 g/mol. The van der Waals surface area contributed by atoms with Crippen molar-refractivity contribution in [2.24, 2.45) is 0 Å². The van der Waals surface area contributed by atoms with Crippen molar-refractivity contribution in [1.82, 2.24) is 5.32 Å². The maximum Gasteiger partial charge on any atom is 0.408 e. The van der Waals surface area contributed by atoms with Gasteiger partial charge in [-0.2, -0.15) is 0 Å². The van der Waals surface area contributed by atoms with Crippen molar-refractivity contribution in [2.75, 3.05) is 0 Å². The molecular weight excluding hydrogens is 354 g/mol. The van der Waals surface area contributed by atoms with Crippen LogP contribution >= 0.6 is 0 Å². The maximum atomic E-state index is 12.1.